The number of benzene rings is 1. The summed E-state index contributed by atoms with van der Waals surface area (Å²) in [5, 5.41) is 11.3. The van der Waals surface area contributed by atoms with Crippen LogP contribution >= 0.6 is 11.6 Å². The van der Waals surface area contributed by atoms with Crippen molar-refractivity contribution in [2.75, 3.05) is 0 Å². The molecule has 1 aromatic rings. The summed E-state index contributed by atoms with van der Waals surface area (Å²) in [6.45, 7) is 2.01. The molecule has 1 aromatic carbocycles. The van der Waals surface area contributed by atoms with Gasteiger partial charge in [-0.05, 0) is 12.5 Å². The molecule has 5 nitrogen and oxygen atoms in total. The Morgan fingerprint density at radius 2 is 2.25 bits per heavy atom. The predicted octanol–water partition coefficient (Wildman–Crippen LogP) is 2.94. The van der Waals surface area contributed by atoms with Gasteiger partial charge in [-0.2, -0.15) is 0 Å². The molecule has 0 bridgehead atoms. The van der Waals surface area contributed by atoms with E-state index in [9.17, 15) is 5.21 Å². The average Bonchev–Trinajstić information content (AvgIpc) is 2.76. The number of nitrogens with zero attached hydrogens (tertiary/aromatic N) is 2. The van der Waals surface area contributed by atoms with Gasteiger partial charge in [-0.25, -0.2) is 10.1 Å². The van der Waals surface area contributed by atoms with E-state index in [0.717, 1.165) is 28.3 Å². The molecule has 1 saturated heterocycles. The van der Waals surface area contributed by atoms with E-state index in [2.05, 4.69) is 10.5 Å². The van der Waals surface area contributed by atoms with Gasteiger partial charge >= 0.3 is 0 Å². The van der Waals surface area contributed by atoms with Gasteiger partial charge < -0.3 is 0 Å². The molecule has 2 aliphatic heterocycles. The lowest BCUT2D eigenvalue weighted by Crippen LogP contribution is -2.13. The standard InChI is InChI=1S/C14H14ClN3O2/c1-2-12-10-7-18(19)8-16-13(14(10)17-20-12)9-5-3-4-6-11(9)15/h3-8,12,17,19H,2H2,1H3. The van der Waals surface area contributed by atoms with Gasteiger partial charge in [0.2, 0.25) is 0 Å². The van der Waals surface area contributed by atoms with Gasteiger partial charge in [0.05, 0.1) is 16.4 Å². The Morgan fingerprint density at radius 1 is 1.45 bits per heavy atom. The highest BCUT2D eigenvalue weighted by Gasteiger charge is 2.30. The molecule has 0 amide bonds. The summed E-state index contributed by atoms with van der Waals surface area (Å²) in [5.41, 5.74) is 5.91. The van der Waals surface area contributed by atoms with Crippen LogP contribution in [-0.2, 0) is 4.84 Å². The Labute approximate surface area is 121 Å². The highest BCUT2D eigenvalue weighted by molar-refractivity contribution is 6.32. The van der Waals surface area contributed by atoms with Crippen LogP contribution in [-0.4, -0.2) is 22.7 Å². The zero-order chi connectivity index (χ0) is 14.1. The second kappa shape index (κ2) is 5.28. The third kappa shape index (κ3) is 2.20. The molecule has 0 spiro atoms. The number of halogens is 1. The number of hydrogen-bond acceptors (Lipinski definition) is 5. The molecule has 104 valence electrons. The molecule has 20 heavy (non-hydrogen) atoms. The minimum atomic E-state index is -0.126. The molecule has 0 aromatic heterocycles. The van der Waals surface area contributed by atoms with Crippen molar-refractivity contribution < 1.29 is 10.0 Å². The number of fused-ring (bicyclic) bond motifs is 1. The third-order valence-corrected chi connectivity index (χ3v) is 3.58. The van der Waals surface area contributed by atoms with Crippen LogP contribution in [0.3, 0.4) is 0 Å². The number of hydrogen-bond donors (Lipinski definition) is 2. The second-order valence-corrected chi connectivity index (χ2v) is 4.94. The maximum absolute atomic E-state index is 9.75. The van der Waals surface area contributed by atoms with Crippen LogP contribution in [0.2, 0.25) is 5.02 Å². The molecular formula is C14H14ClN3O2. The number of aliphatic imine (C=N–C) groups is 1. The summed E-state index contributed by atoms with van der Waals surface area (Å²) >= 11 is 6.24. The average molecular weight is 292 g/mol. The Kier molecular flexibility index (Phi) is 3.48. The van der Waals surface area contributed by atoms with E-state index >= 15 is 0 Å². The van der Waals surface area contributed by atoms with Crippen LogP contribution in [0, 0.1) is 0 Å². The van der Waals surface area contributed by atoms with E-state index in [1.165, 1.54) is 6.34 Å². The lowest BCUT2D eigenvalue weighted by Gasteiger charge is -2.08. The lowest BCUT2D eigenvalue weighted by molar-refractivity contribution is 0.0340. The molecular weight excluding hydrogens is 278 g/mol. The summed E-state index contributed by atoms with van der Waals surface area (Å²) in [6.07, 6.45) is 3.59. The monoisotopic (exact) mass is 291 g/mol. The predicted molar refractivity (Wildman–Crippen MR) is 76.9 cm³/mol. The fourth-order valence-corrected chi connectivity index (χ4v) is 2.49. The van der Waals surface area contributed by atoms with E-state index in [0.29, 0.717) is 10.7 Å². The smallest absolute Gasteiger partial charge is 0.121 e. The fourth-order valence-electron chi connectivity index (χ4n) is 2.26. The quantitative estimate of drug-likeness (QED) is 0.879. The van der Waals surface area contributed by atoms with Gasteiger partial charge in [0.1, 0.15) is 12.4 Å². The summed E-state index contributed by atoms with van der Waals surface area (Å²) < 4.78 is 0. The Morgan fingerprint density at radius 3 is 3.00 bits per heavy atom. The first-order valence-electron chi connectivity index (χ1n) is 6.35. The maximum Gasteiger partial charge on any atom is 0.121 e. The van der Waals surface area contributed by atoms with Crippen LogP contribution in [0.5, 0.6) is 0 Å². The van der Waals surface area contributed by atoms with Gasteiger partial charge in [-0.1, -0.05) is 36.7 Å². The van der Waals surface area contributed by atoms with Crippen molar-refractivity contribution in [2.24, 2.45) is 4.99 Å². The number of nitrogens with one attached hydrogen (secondary N) is 1. The van der Waals surface area contributed by atoms with Gasteiger partial charge in [0.15, 0.2) is 0 Å². The van der Waals surface area contributed by atoms with Crippen molar-refractivity contribution in [1.29, 1.82) is 0 Å². The third-order valence-electron chi connectivity index (χ3n) is 3.25. The Balaban J connectivity index is 2.16. The molecule has 0 aliphatic carbocycles. The summed E-state index contributed by atoms with van der Waals surface area (Å²) in [5.74, 6) is 0. The SMILES string of the molecule is CCC1ONC2=C(c3ccccc3Cl)N=CN(O)C=C21. The Hall–Kier alpha value is -1.82. The Bertz CT molecular complexity index is 625. The molecule has 1 unspecified atom stereocenters. The first-order valence-corrected chi connectivity index (χ1v) is 6.73. The molecule has 3 rings (SSSR count). The van der Waals surface area contributed by atoms with E-state index in [4.69, 9.17) is 16.4 Å². The largest absolute Gasteiger partial charge is 0.283 e. The summed E-state index contributed by atoms with van der Waals surface area (Å²) in [7, 11) is 0. The van der Waals surface area contributed by atoms with Gasteiger partial charge in [0.25, 0.3) is 0 Å². The highest BCUT2D eigenvalue weighted by Crippen LogP contribution is 2.35. The highest BCUT2D eigenvalue weighted by atomic mass is 35.5. The molecule has 2 heterocycles. The zero-order valence-electron chi connectivity index (χ0n) is 10.9. The van der Waals surface area contributed by atoms with Crippen molar-refractivity contribution in [3.05, 3.63) is 52.3 Å². The molecule has 6 heteroatoms. The topological polar surface area (TPSA) is 57.1 Å². The van der Waals surface area contributed by atoms with Crippen LogP contribution in [0.25, 0.3) is 5.70 Å². The first kappa shape index (κ1) is 13.2. The second-order valence-electron chi connectivity index (χ2n) is 4.53. The van der Waals surface area contributed by atoms with Crippen molar-refractivity contribution in [1.82, 2.24) is 10.5 Å². The molecule has 1 atom stereocenters. The van der Waals surface area contributed by atoms with Crippen molar-refractivity contribution in [2.45, 2.75) is 19.4 Å². The number of rotatable bonds is 2. The minimum absolute atomic E-state index is 0.126. The van der Waals surface area contributed by atoms with Crippen molar-refractivity contribution in [3.8, 4) is 0 Å². The van der Waals surface area contributed by atoms with Crippen LogP contribution < -0.4 is 5.48 Å². The maximum atomic E-state index is 9.75. The van der Waals surface area contributed by atoms with E-state index in [1.54, 1.807) is 12.3 Å². The lowest BCUT2D eigenvalue weighted by atomic mass is 10.0. The number of hydroxylamine groups is 3. The van der Waals surface area contributed by atoms with E-state index in [-0.39, 0.29) is 6.10 Å². The van der Waals surface area contributed by atoms with E-state index < -0.39 is 0 Å². The fraction of sp³-hybridized carbons (Fsp3) is 0.214. The first-order chi connectivity index (χ1) is 9.70. The van der Waals surface area contributed by atoms with Crippen LogP contribution in [0.1, 0.15) is 18.9 Å². The van der Waals surface area contributed by atoms with Crippen molar-refractivity contribution in [3.63, 3.8) is 0 Å². The minimum Gasteiger partial charge on any atom is -0.283 e. The normalized spacial score (nSPS) is 21.4. The van der Waals surface area contributed by atoms with Crippen molar-refractivity contribution >= 4 is 23.6 Å². The van der Waals surface area contributed by atoms with E-state index in [1.807, 2.05) is 25.1 Å². The van der Waals surface area contributed by atoms with Crippen LogP contribution in [0.15, 0.2) is 46.7 Å². The molecule has 2 aliphatic rings. The molecule has 0 radical (unpaired) electrons. The van der Waals surface area contributed by atoms with Gasteiger partial charge in [-0.3, -0.25) is 15.5 Å². The summed E-state index contributed by atoms with van der Waals surface area (Å²) in [6, 6.07) is 7.44. The molecule has 0 saturated carbocycles. The molecule has 2 N–H and O–H groups in total. The summed E-state index contributed by atoms with van der Waals surface area (Å²) in [4.78, 5) is 9.81. The van der Waals surface area contributed by atoms with Gasteiger partial charge in [-0.15, -0.1) is 0 Å². The van der Waals surface area contributed by atoms with Gasteiger partial charge in [0, 0.05) is 17.3 Å². The molecule has 1 fully saturated rings. The zero-order valence-corrected chi connectivity index (χ0v) is 11.6. The van der Waals surface area contributed by atoms with Crippen LogP contribution in [0.4, 0.5) is 0 Å².